The number of sulfone groups is 2. The predicted octanol–water partition coefficient (Wildman–Crippen LogP) is 7.01. The number of aromatic nitrogens is 10. The van der Waals surface area contributed by atoms with Crippen LogP contribution < -0.4 is 31.1 Å². The lowest BCUT2D eigenvalue weighted by atomic mass is 9.91. The molecule has 1 aliphatic carbocycles. The van der Waals surface area contributed by atoms with Gasteiger partial charge in [0.15, 0.2) is 53.9 Å². The Bertz CT molecular complexity index is 3300. The molecule has 27 heteroatoms. The molecular weight excluding hydrogens is 1100 g/mol. The molecule has 6 aromatic heterocycles. The summed E-state index contributed by atoms with van der Waals surface area (Å²) >= 11 is 6.26. The maximum Gasteiger partial charge on any atom is 0.229 e. The lowest BCUT2D eigenvalue weighted by Crippen LogP contribution is -2.47. The molecule has 75 heavy (non-hydrogen) atoms. The molecule has 22 nitrogen and oxygen atoms in total. The van der Waals surface area contributed by atoms with E-state index in [9.17, 15) is 16.8 Å². The number of benzene rings is 2. The average molecular weight is 1170 g/mol. The highest BCUT2D eigenvalue weighted by Crippen LogP contribution is 2.30. The molecule has 1 saturated carbocycles. The second kappa shape index (κ2) is 25.4. The molecule has 4 atom stereocenters. The Kier molecular flexibility index (Phi) is 18.8. The van der Waals surface area contributed by atoms with Crippen LogP contribution in [0.5, 0.6) is 0 Å². The van der Waals surface area contributed by atoms with Crippen molar-refractivity contribution in [3.05, 3.63) is 87.6 Å². The molecule has 2 aliphatic heterocycles. The summed E-state index contributed by atoms with van der Waals surface area (Å²) in [4.78, 5) is 43.5. The molecular formula is C48H61BrN16O6S4. The molecule has 2 aromatic carbocycles. The lowest BCUT2D eigenvalue weighted by molar-refractivity contribution is 0.0525. The lowest BCUT2D eigenvalue weighted by Gasteiger charge is -2.31. The fourth-order valence-corrected chi connectivity index (χ4v) is 11.3. The number of H-pyrrole nitrogens is 1. The highest BCUT2D eigenvalue weighted by molar-refractivity contribution is 9.10. The van der Waals surface area contributed by atoms with Gasteiger partial charge in [-0.2, -0.15) is 19.9 Å². The molecule has 0 bridgehead atoms. The van der Waals surface area contributed by atoms with Gasteiger partial charge in [-0.05, 0) is 105 Å². The Labute approximate surface area is 452 Å². The number of halogens is 1. The summed E-state index contributed by atoms with van der Waals surface area (Å²) in [6, 6.07) is 14.5. The fourth-order valence-electron chi connectivity index (χ4n) is 8.53. The summed E-state index contributed by atoms with van der Waals surface area (Å²) in [5.41, 5.74) is 7.44. The van der Waals surface area contributed by atoms with Gasteiger partial charge in [0, 0.05) is 72.9 Å². The first kappa shape index (κ1) is 55.5. The van der Waals surface area contributed by atoms with Crippen molar-refractivity contribution in [1.29, 1.82) is 0 Å². The van der Waals surface area contributed by atoms with Gasteiger partial charge >= 0.3 is 0 Å². The van der Waals surface area contributed by atoms with Gasteiger partial charge in [0.25, 0.3) is 0 Å². The topological polar surface area (TPSA) is 265 Å². The molecule has 3 fully saturated rings. The number of anilines is 6. The zero-order valence-corrected chi connectivity index (χ0v) is 47.2. The van der Waals surface area contributed by atoms with E-state index in [1.54, 1.807) is 83.5 Å². The van der Waals surface area contributed by atoms with Crippen molar-refractivity contribution in [2.45, 2.75) is 73.6 Å². The second-order valence-corrected chi connectivity index (χ2v) is 24.2. The number of morpholine rings is 2. The third-order valence-corrected chi connectivity index (χ3v) is 16.5. The molecule has 400 valence electrons. The number of hydrogen-bond donors (Lipinski definition) is 5. The van der Waals surface area contributed by atoms with Crippen LogP contribution in [0.4, 0.5) is 34.9 Å². The van der Waals surface area contributed by atoms with Crippen molar-refractivity contribution in [2.24, 2.45) is 0 Å². The van der Waals surface area contributed by atoms with E-state index in [2.05, 4.69) is 96.0 Å². The van der Waals surface area contributed by atoms with E-state index in [0.717, 1.165) is 16.1 Å². The molecule has 0 unspecified atom stereocenters. The number of thiazole rings is 2. The smallest absolute Gasteiger partial charge is 0.229 e. The number of imidazole rings is 2. The number of likely N-dealkylation sites (N-methyl/N-ethyl adjacent to an activating group) is 2. The summed E-state index contributed by atoms with van der Waals surface area (Å²) in [6.45, 7) is 8.04. The maximum atomic E-state index is 11.8. The number of aromatic amines is 1. The second-order valence-electron chi connectivity index (χ2n) is 18.0. The number of nitrogens with zero attached hydrogens (tertiary/aromatic N) is 11. The van der Waals surface area contributed by atoms with E-state index >= 15 is 0 Å². The van der Waals surface area contributed by atoms with Crippen molar-refractivity contribution >= 4 is 116 Å². The minimum absolute atomic E-state index is 0.0754. The van der Waals surface area contributed by atoms with Crippen LogP contribution in [-0.2, 0) is 29.1 Å². The van der Waals surface area contributed by atoms with E-state index in [1.807, 2.05) is 29.2 Å². The third-order valence-electron chi connectivity index (χ3n) is 12.4. The minimum Gasteiger partial charge on any atom is -0.375 e. The van der Waals surface area contributed by atoms with Crippen LogP contribution in [0.15, 0.2) is 97.4 Å². The van der Waals surface area contributed by atoms with Crippen molar-refractivity contribution in [3.8, 4) is 5.82 Å². The van der Waals surface area contributed by atoms with E-state index in [1.165, 1.54) is 49.5 Å². The molecule has 0 radical (unpaired) electrons. The molecule has 8 heterocycles. The largest absolute Gasteiger partial charge is 0.375 e. The van der Waals surface area contributed by atoms with Crippen LogP contribution in [-0.4, -0.2) is 157 Å². The van der Waals surface area contributed by atoms with E-state index in [4.69, 9.17) is 19.4 Å². The highest BCUT2D eigenvalue weighted by atomic mass is 79.9. The van der Waals surface area contributed by atoms with Crippen LogP contribution >= 0.6 is 38.6 Å². The van der Waals surface area contributed by atoms with Gasteiger partial charge in [0.2, 0.25) is 11.9 Å². The molecule has 0 amide bonds. The molecule has 3 aliphatic rings. The Morgan fingerprint density at radius 1 is 0.680 bits per heavy atom. The van der Waals surface area contributed by atoms with Gasteiger partial charge in [0.05, 0.1) is 52.6 Å². The zero-order chi connectivity index (χ0) is 53.1. The van der Waals surface area contributed by atoms with Crippen LogP contribution in [0.1, 0.15) is 39.5 Å². The summed E-state index contributed by atoms with van der Waals surface area (Å²) in [7, 11) is -2.39. The van der Waals surface area contributed by atoms with E-state index < -0.39 is 19.7 Å². The highest BCUT2D eigenvalue weighted by Gasteiger charge is 2.25. The molecule has 0 spiro atoms. The van der Waals surface area contributed by atoms with Crippen LogP contribution in [0.25, 0.3) is 28.1 Å². The van der Waals surface area contributed by atoms with Crippen LogP contribution in [0.2, 0.25) is 0 Å². The Morgan fingerprint density at radius 2 is 1.21 bits per heavy atom. The Morgan fingerprint density at radius 3 is 1.69 bits per heavy atom. The molecule has 5 N–H and O–H groups in total. The third kappa shape index (κ3) is 14.8. The Balaban J connectivity index is 0.000000155. The van der Waals surface area contributed by atoms with Gasteiger partial charge in [-0.15, -0.1) is 22.7 Å². The number of nitrogens with one attached hydrogen (secondary N) is 5. The average Bonchev–Trinajstić information content (AvgIpc) is 4.26. The molecule has 2 saturated heterocycles. The SMILES string of the molecule is Brc1cscn1.CN[C@H]1CCCC[C@@H]1NC.C[C@@H]1CN(c2nc(Nc3ccc(S(C)(=O)=O)cc3)c3[nH]cnc3n2)CCO1.C[C@@H]1CN(c2nc(Nc3ccc(S(C)(=O)=O)cc3)c3ncn(-c4cscn4)c3n2)CCO1. The summed E-state index contributed by atoms with van der Waals surface area (Å²) in [6.07, 6.45) is 11.3. The minimum atomic E-state index is -3.27. The van der Waals surface area contributed by atoms with Gasteiger partial charge in [0.1, 0.15) is 16.4 Å². The standard InChI is InChI=1S/C20H21N7O3S2.C17H20N6O3S.C8H18N2.C3H2BrNS/c1-13-9-26(7-8-30-13)20-24-18(23-14-3-5-15(6-4-14)32(2,28)29)17-19(25-20)27(11-21-17)16-10-31-12-22-16;1-11-9-23(7-8-26-11)17-21-15-14(18-10-19-15)16(22-17)20-12-3-5-13(6-4-12)27(2,24)25;1-9-7-5-3-4-6-8(7)10-2;4-3-1-6-2-5-3/h3-6,10-13H,7-9H2,1-2H3,(H,23,24,25);3-6,10-11H,7-9H2,1-2H3,(H2,18,19,20,21,22);7-10H,3-6H2,1-2H3;1-2H/t13-;11-;7-,8-;/m110./s1. The number of hydrogen-bond acceptors (Lipinski definition) is 22. The van der Waals surface area contributed by atoms with E-state index in [0.29, 0.717) is 103 Å². The number of rotatable bonds is 11. The van der Waals surface area contributed by atoms with Crippen molar-refractivity contribution in [2.75, 3.05) is 86.4 Å². The zero-order valence-electron chi connectivity index (χ0n) is 42.3. The predicted molar refractivity (Wildman–Crippen MR) is 299 cm³/mol. The van der Waals surface area contributed by atoms with Crippen molar-refractivity contribution in [1.82, 2.24) is 60.1 Å². The van der Waals surface area contributed by atoms with Crippen molar-refractivity contribution < 1.29 is 26.3 Å². The fraction of sp³-hybridized carbons (Fsp3) is 0.417. The molecule has 11 rings (SSSR count). The molecule has 8 aromatic rings. The van der Waals surface area contributed by atoms with E-state index in [-0.39, 0.29) is 22.0 Å². The summed E-state index contributed by atoms with van der Waals surface area (Å²) < 4.78 is 60.8. The number of fused-ring (bicyclic) bond motifs is 2. The summed E-state index contributed by atoms with van der Waals surface area (Å²) in [5.74, 6) is 3.00. The van der Waals surface area contributed by atoms with Gasteiger partial charge in [-0.1, -0.05) is 12.8 Å². The number of ether oxygens (including phenoxy) is 2. The maximum absolute atomic E-state index is 11.8. The first-order valence-corrected chi connectivity index (χ1v) is 30.6. The van der Waals surface area contributed by atoms with Crippen LogP contribution in [0.3, 0.4) is 0 Å². The first-order chi connectivity index (χ1) is 36.1. The van der Waals surface area contributed by atoms with Crippen molar-refractivity contribution in [3.63, 3.8) is 0 Å². The summed E-state index contributed by atoms with van der Waals surface area (Å²) in [5, 5.41) is 17.0. The first-order valence-electron chi connectivity index (χ1n) is 24.2. The normalized spacial score (nSPS) is 19.0. The Hall–Kier alpha value is -5.78. The van der Waals surface area contributed by atoms with Gasteiger partial charge < -0.3 is 45.5 Å². The van der Waals surface area contributed by atoms with Crippen LogP contribution in [0, 0.1) is 0 Å². The monoisotopic (exact) mass is 1160 g/mol. The van der Waals surface area contributed by atoms with Gasteiger partial charge in [-0.3, -0.25) is 4.57 Å². The quantitative estimate of drug-likeness (QED) is 0.0872. The van der Waals surface area contributed by atoms with Gasteiger partial charge in [-0.25, -0.2) is 36.8 Å².